The van der Waals surface area contributed by atoms with Crippen LogP contribution in [0.1, 0.15) is 0 Å². The topological polar surface area (TPSA) is 51.8 Å². The predicted molar refractivity (Wildman–Crippen MR) is 217 cm³/mol. The first-order chi connectivity index (χ1) is 26.2. The number of hydrogen-bond acceptors (Lipinski definition) is 4. The van der Waals surface area contributed by atoms with E-state index in [4.69, 9.17) is 19.4 Å². The summed E-state index contributed by atoms with van der Waals surface area (Å²) in [6.45, 7) is 0. The molecule has 0 saturated carbocycles. The number of hydrogen-bond donors (Lipinski definition) is 0. The molecule has 4 heteroatoms. The highest BCUT2D eigenvalue weighted by Crippen LogP contribution is 2.38. The highest BCUT2D eigenvalue weighted by atomic mass is 16.3. The normalized spacial score (nSPS) is 11.4. The molecule has 4 nitrogen and oxygen atoms in total. The number of aromatic nitrogens is 3. The molecule has 0 unspecified atom stereocenters. The van der Waals surface area contributed by atoms with Gasteiger partial charge < -0.3 is 4.42 Å². The lowest BCUT2D eigenvalue weighted by atomic mass is 10.00. The van der Waals surface area contributed by atoms with Gasteiger partial charge in [0.25, 0.3) is 0 Å². The first kappa shape index (κ1) is 30.6. The Morgan fingerprint density at radius 2 is 0.792 bits per heavy atom. The summed E-state index contributed by atoms with van der Waals surface area (Å²) in [5, 5.41) is 4.68. The Morgan fingerprint density at radius 1 is 0.302 bits per heavy atom. The van der Waals surface area contributed by atoms with Crippen LogP contribution in [0.15, 0.2) is 192 Å². The van der Waals surface area contributed by atoms with Gasteiger partial charge >= 0.3 is 0 Å². The van der Waals surface area contributed by atoms with Crippen molar-refractivity contribution < 1.29 is 4.42 Å². The highest BCUT2D eigenvalue weighted by molar-refractivity contribution is 6.10. The zero-order chi connectivity index (χ0) is 35.1. The molecule has 0 N–H and O–H groups in total. The lowest BCUT2D eigenvalue weighted by Crippen LogP contribution is -2.00. The lowest BCUT2D eigenvalue weighted by molar-refractivity contribution is 0.670. The number of nitrogens with zero attached hydrogens (tertiary/aromatic N) is 3. The van der Waals surface area contributed by atoms with Crippen molar-refractivity contribution in [2.24, 2.45) is 0 Å². The van der Waals surface area contributed by atoms with Gasteiger partial charge in [0.15, 0.2) is 17.5 Å². The van der Waals surface area contributed by atoms with Gasteiger partial charge in [0.2, 0.25) is 0 Å². The SMILES string of the molecule is c1ccc(-c2nc(-c3ccc(-c4ccc5ccccc5c4)cc3)nc(-c3ccc(-c4ccc5c(c4)oc4c(-c6ccccc6)cccc45)cc3)n2)cc1. The molecule has 53 heavy (non-hydrogen) atoms. The van der Waals surface area contributed by atoms with Crippen LogP contribution in [-0.4, -0.2) is 15.0 Å². The molecule has 0 aliphatic heterocycles. The average molecular weight is 678 g/mol. The van der Waals surface area contributed by atoms with Crippen molar-refractivity contribution in [1.82, 2.24) is 15.0 Å². The molecule has 0 atom stereocenters. The molecule has 8 aromatic carbocycles. The Morgan fingerprint density at radius 3 is 1.43 bits per heavy atom. The zero-order valence-corrected chi connectivity index (χ0v) is 28.6. The summed E-state index contributed by atoms with van der Waals surface area (Å²) in [6.07, 6.45) is 0. The molecule has 0 aliphatic rings. The van der Waals surface area contributed by atoms with Crippen LogP contribution in [-0.2, 0) is 0 Å². The molecule has 10 aromatic rings. The fraction of sp³-hybridized carbons (Fsp3) is 0. The average Bonchev–Trinajstić information content (AvgIpc) is 3.62. The summed E-state index contributed by atoms with van der Waals surface area (Å²) in [6, 6.07) is 65.2. The van der Waals surface area contributed by atoms with Crippen LogP contribution in [0.5, 0.6) is 0 Å². The summed E-state index contributed by atoms with van der Waals surface area (Å²) in [4.78, 5) is 14.9. The van der Waals surface area contributed by atoms with Crippen LogP contribution in [0.4, 0.5) is 0 Å². The molecule has 2 aromatic heterocycles. The van der Waals surface area contributed by atoms with Crippen molar-refractivity contribution in [1.29, 1.82) is 0 Å². The van der Waals surface area contributed by atoms with Crippen LogP contribution >= 0.6 is 0 Å². The summed E-state index contributed by atoms with van der Waals surface area (Å²) in [5.74, 6) is 1.90. The Hall–Kier alpha value is -7.17. The van der Waals surface area contributed by atoms with E-state index in [9.17, 15) is 0 Å². The van der Waals surface area contributed by atoms with E-state index in [0.717, 1.165) is 66.4 Å². The minimum Gasteiger partial charge on any atom is -0.455 e. The summed E-state index contributed by atoms with van der Waals surface area (Å²) in [5.41, 5.74) is 11.3. The number of benzene rings is 8. The predicted octanol–water partition coefficient (Wildman–Crippen LogP) is 12.9. The van der Waals surface area contributed by atoms with Gasteiger partial charge in [-0.2, -0.15) is 0 Å². The van der Waals surface area contributed by atoms with Crippen molar-refractivity contribution >= 4 is 32.7 Å². The monoisotopic (exact) mass is 677 g/mol. The van der Waals surface area contributed by atoms with Crippen LogP contribution < -0.4 is 0 Å². The van der Waals surface area contributed by atoms with Crippen molar-refractivity contribution in [2.75, 3.05) is 0 Å². The van der Waals surface area contributed by atoms with E-state index in [1.165, 1.54) is 16.3 Å². The molecule has 0 radical (unpaired) electrons. The van der Waals surface area contributed by atoms with E-state index in [2.05, 4.69) is 152 Å². The molecule has 0 bridgehead atoms. The maximum Gasteiger partial charge on any atom is 0.164 e. The van der Waals surface area contributed by atoms with Gasteiger partial charge in [0.05, 0.1) is 0 Å². The van der Waals surface area contributed by atoms with Gasteiger partial charge in [-0.25, -0.2) is 15.0 Å². The number of furan rings is 1. The second-order valence-electron chi connectivity index (χ2n) is 13.3. The maximum absolute atomic E-state index is 6.53. The third-order valence-electron chi connectivity index (χ3n) is 9.95. The molecule has 0 fully saturated rings. The quantitative estimate of drug-likeness (QED) is 0.176. The minimum absolute atomic E-state index is 0.625. The highest BCUT2D eigenvalue weighted by Gasteiger charge is 2.15. The summed E-state index contributed by atoms with van der Waals surface area (Å²) >= 11 is 0. The molecule has 0 saturated heterocycles. The third kappa shape index (κ3) is 5.73. The largest absolute Gasteiger partial charge is 0.455 e. The van der Waals surface area contributed by atoms with Gasteiger partial charge in [0.1, 0.15) is 11.2 Å². The number of para-hydroxylation sites is 1. The Labute approximate surface area is 306 Å². The van der Waals surface area contributed by atoms with E-state index < -0.39 is 0 Å². The van der Waals surface area contributed by atoms with Crippen molar-refractivity contribution in [3.05, 3.63) is 188 Å². The molecule has 2 heterocycles. The Bertz CT molecular complexity index is 2910. The van der Waals surface area contributed by atoms with Crippen molar-refractivity contribution in [3.8, 4) is 67.5 Å². The lowest BCUT2D eigenvalue weighted by Gasteiger charge is -2.10. The van der Waals surface area contributed by atoms with E-state index in [1.807, 2.05) is 36.4 Å². The first-order valence-corrected chi connectivity index (χ1v) is 17.8. The third-order valence-corrected chi connectivity index (χ3v) is 9.95. The van der Waals surface area contributed by atoms with E-state index in [0.29, 0.717) is 17.5 Å². The van der Waals surface area contributed by atoms with E-state index in [1.54, 1.807) is 0 Å². The van der Waals surface area contributed by atoms with Crippen LogP contribution in [0.2, 0.25) is 0 Å². The van der Waals surface area contributed by atoms with E-state index in [-0.39, 0.29) is 0 Å². The minimum atomic E-state index is 0.625. The van der Waals surface area contributed by atoms with Gasteiger partial charge in [0, 0.05) is 33.0 Å². The van der Waals surface area contributed by atoms with Crippen molar-refractivity contribution in [3.63, 3.8) is 0 Å². The molecule has 0 aliphatic carbocycles. The number of rotatable bonds is 6. The van der Waals surface area contributed by atoms with Crippen molar-refractivity contribution in [2.45, 2.75) is 0 Å². The fourth-order valence-electron chi connectivity index (χ4n) is 7.17. The molecular formula is C49H31N3O. The second-order valence-corrected chi connectivity index (χ2v) is 13.3. The summed E-state index contributed by atoms with van der Waals surface area (Å²) < 4.78 is 6.53. The molecule has 10 rings (SSSR count). The first-order valence-electron chi connectivity index (χ1n) is 17.8. The molecule has 0 amide bonds. The van der Waals surface area contributed by atoms with Gasteiger partial charge in [-0.05, 0) is 56.8 Å². The molecule has 248 valence electrons. The zero-order valence-electron chi connectivity index (χ0n) is 28.6. The van der Waals surface area contributed by atoms with Gasteiger partial charge in [-0.1, -0.05) is 170 Å². The van der Waals surface area contributed by atoms with Crippen LogP contribution in [0, 0.1) is 0 Å². The smallest absolute Gasteiger partial charge is 0.164 e. The maximum atomic E-state index is 6.53. The van der Waals surface area contributed by atoms with Crippen LogP contribution in [0.3, 0.4) is 0 Å². The van der Waals surface area contributed by atoms with E-state index >= 15 is 0 Å². The Balaban J connectivity index is 0.993. The Kier molecular flexibility index (Phi) is 7.43. The molecular weight excluding hydrogens is 647 g/mol. The summed E-state index contributed by atoms with van der Waals surface area (Å²) in [7, 11) is 0. The molecule has 0 spiro atoms. The van der Waals surface area contributed by atoms with Crippen LogP contribution in [0.25, 0.3) is 100 Å². The standard InChI is InChI=1S/C49H31N3O/c1-3-11-35(12-4-1)42-16-9-17-44-43-29-28-41(31-45(43)53-46(42)44)34-20-25-38(26-21-34)49-51-47(36-13-5-2-6-14-36)50-48(52-49)37-23-18-33(19-24-37)40-27-22-32-10-7-8-15-39(32)30-40/h1-31H. The second kappa shape index (κ2) is 12.9. The fourth-order valence-corrected chi connectivity index (χ4v) is 7.17. The number of fused-ring (bicyclic) bond motifs is 4. The van der Waals surface area contributed by atoms with Gasteiger partial charge in [-0.3, -0.25) is 0 Å². The van der Waals surface area contributed by atoms with Gasteiger partial charge in [-0.15, -0.1) is 0 Å².